The Kier molecular flexibility index (Phi) is 7.16. The molecular weight excluding hydrogens is 570 g/mol. The number of Topliss-reactive ketones (excluding diaryl/α,β-unsaturated/α-hetero) is 2. The van der Waals surface area contributed by atoms with Gasteiger partial charge in [-0.2, -0.15) is 0 Å². The first-order chi connectivity index (χ1) is 19.7. The average Bonchev–Trinajstić information content (AvgIpc) is 3.43. The summed E-state index contributed by atoms with van der Waals surface area (Å²) in [6, 6.07) is -0.408. The van der Waals surface area contributed by atoms with Gasteiger partial charge in [-0.05, 0) is 50.9 Å². The number of phenolic OH excluding ortho intramolecular Hbond substituents is 1. The van der Waals surface area contributed by atoms with Crippen LogP contribution in [-0.4, -0.2) is 84.0 Å². The molecule has 14 heteroatoms. The van der Waals surface area contributed by atoms with E-state index < -0.39 is 75.7 Å². The van der Waals surface area contributed by atoms with E-state index >= 15 is 0 Å². The predicted octanol–water partition coefficient (Wildman–Crippen LogP) is 1.40. The van der Waals surface area contributed by atoms with Crippen molar-refractivity contribution in [1.29, 1.82) is 0 Å². The fraction of sp³-hybridized carbons (Fsp3) is 0.393. The van der Waals surface area contributed by atoms with E-state index in [9.17, 15) is 39.6 Å². The standard InChI is InChI=1S/C28H30ClN5O8/c1-4-15(34-6-5-31-10-34)27(41)32-19-14(29)9-12-7-11-8-13-20(33(2)3)23(37)18(26(30)40)25(39)28(13,42)24(38)17(11)21(35)16(12)22(19)36/h5-6,9-11,13,15,20,35-36,39,42H,4,7-8H2,1-3H3,(H2,30,40)(H,32,41)/t11?,13?,15?,20-,28-/m0/s1. The minimum absolute atomic E-state index is 0.0133. The van der Waals surface area contributed by atoms with E-state index in [1.54, 1.807) is 17.7 Å². The molecule has 0 aliphatic heterocycles. The number of hydrogen-bond donors (Lipinski definition) is 6. The molecule has 3 unspecified atom stereocenters. The first-order valence-corrected chi connectivity index (χ1v) is 13.6. The lowest BCUT2D eigenvalue weighted by molar-refractivity contribution is -0.153. The summed E-state index contributed by atoms with van der Waals surface area (Å²) in [5, 5.41) is 47.9. The van der Waals surface area contributed by atoms with E-state index in [0.717, 1.165) is 0 Å². The molecule has 1 fully saturated rings. The maximum absolute atomic E-state index is 14.0. The van der Waals surface area contributed by atoms with Crippen molar-refractivity contribution >= 4 is 46.4 Å². The topological polar surface area (TPSA) is 208 Å². The Balaban J connectivity index is 1.62. The number of benzene rings is 1. The number of ketones is 2. The molecule has 1 saturated carbocycles. The molecule has 0 bridgehead atoms. The van der Waals surface area contributed by atoms with Gasteiger partial charge in [0.25, 0.3) is 5.91 Å². The molecule has 222 valence electrons. The van der Waals surface area contributed by atoms with Crippen LogP contribution in [0.25, 0.3) is 5.76 Å². The number of aliphatic hydroxyl groups is 3. The zero-order valence-electron chi connectivity index (χ0n) is 23.0. The highest BCUT2D eigenvalue weighted by atomic mass is 35.5. The molecule has 0 saturated heterocycles. The Bertz CT molecular complexity index is 1600. The number of aromatic hydroxyl groups is 1. The highest BCUT2D eigenvalue weighted by Gasteiger charge is 2.64. The van der Waals surface area contributed by atoms with Gasteiger partial charge >= 0.3 is 0 Å². The van der Waals surface area contributed by atoms with Crippen molar-refractivity contribution in [2.45, 2.75) is 43.9 Å². The maximum Gasteiger partial charge on any atom is 0.255 e. The van der Waals surface area contributed by atoms with E-state index in [2.05, 4.69) is 10.3 Å². The Morgan fingerprint density at radius 1 is 1.29 bits per heavy atom. The molecule has 3 aliphatic carbocycles. The summed E-state index contributed by atoms with van der Waals surface area (Å²) in [4.78, 5) is 57.7. The number of carbonyl (C=O) groups excluding carboxylic acids is 4. The fourth-order valence-electron chi connectivity index (χ4n) is 6.57. The highest BCUT2D eigenvalue weighted by molar-refractivity contribution is 6.34. The molecule has 1 aromatic carbocycles. The SMILES string of the molecule is CCC(C(=O)Nc1c(Cl)cc2c(c1O)C(O)=C1C(=O)[C@]3(O)C(O)=C(C(N)=O)C(=O)[C@@H](N(C)C)C3CC1C2)n1ccnc1. The number of halogens is 1. The van der Waals surface area contributed by atoms with Crippen molar-refractivity contribution < 1.29 is 39.6 Å². The van der Waals surface area contributed by atoms with Crippen molar-refractivity contribution in [3.05, 3.63) is 57.8 Å². The Morgan fingerprint density at radius 2 is 1.98 bits per heavy atom. The van der Waals surface area contributed by atoms with Crippen LogP contribution in [0.4, 0.5) is 5.69 Å². The summed E-state index contributed by atoms with van der Waals surface area (Å²) in [5.41, 5.74) is 1.40. The number of fused-ring (bicyclic) bond motifs is 3. The third-order valence-corrected chi connectivity index (χ3v) is 8.78. The van der Waals surface area contributed by atoms with Crippen LogP contribution in [-0.2, 0) is 25.6 Å². The smallest absolute Gasteiger partial charge is 0.255 e. The Labute approximate surface area is 244 Å². The molecular formula is C28H30ClN5O8. The van der Waals surface area contributed by atoms with E-state index in [-0.39, 0.29) is 34.7 Å². The molecule has 3 aliphatic rings. The highest BCUT2D eigenvalue weighted by Crippen LogP contribution is 2.54. The minimum atomic E-state index is -2.75. The number of aliphatic hydroxyl groups excluding tert-OH is 2. The first kappa shape index (κ1) is 29.3. The molecule has 5 atom stereocenters. The number of primary amides is 1. The zero-order valence-corrected chi connectivity index (χ0v) is 23.7. The van der Waals surface area contributed by atoms with Crippen molar-refractivity contribution in [3.63, 3.8) is 0 Å². The number of amides is 2. The second-order valence-electron chi connectivity index (χ2n) is 11.0. The van der Waals surface area contributed by atoms with Gasteiger partial charge in [0.05, 0.1) is 23.0 Å². The fourth-order valence-corrected chi connectivity index (χ4v) is 6.84. The number of hydrogen-bond acceptors (Lipinski definition) is 10. The number of nitrogens with two attached hydrogens (primary N) is 1. The van der Waals surface area contributed by atoms with E-state index in [0.29, 0.717) is 12.0 Å². The number of likely N-dealkylation sites (N-methyl/N-ethyl adjacent to an activating group) is 1. The molecule has 2 amide bonds. The van der Waals surface area contributed by atoms with Crippen LogP contribution in [0.15, 0.2) is 41.7 Å². The number of rotatable bonds is 6. The third-order valence-electron chi connectivity index (χ3n) is 8.49. The lowest BCUT2D eigenvalue weighted by Crippen LogP contribution is -2.65. The Hall–Kier alpha value is -4.20. The normalized spacial score (nSPS) is 26.1. The van der Waals surface area contributed by atoms with Crippen molar-refractivity contribution in [1.82, 2.24) is 14.5 Å². The number of aromatic nitrogens is 2. The van der Waals surface area contributed by atoms with Crippen LogP contribution >= 0.6 is 11.6 Å². The van der Waals surface area contributed by atoms with Gasteiger partial charge in [0.15, 0.2) is 17.1 Å². The maximum atomic E-state index is 14.0. The number of nitrogens with zero attached hydrogens (tertiary/aromatic N) is 3. The molecule has 1 heterocycles. The molecule has 7 N–H and O–H groups in total. The van der Waals surface area contributed by atoms with Crippen LogP contribution in [0, 0.1) is 11.8 Å². The molecule has 5 rings (SSSR count). The van der Waals surface area contributed by atoms with Gasteiger partial charge in [-0.1, -0.05) is 18.5 Å². The van der Waals surface area contributed by atoms with Gasteiger partial charge in [-0.25, -0.2) is 4.98 Å². The summed E-state index contributed by atoms with van der Waals surface area (Å²) >= 11 is 6.48. The second-order valence-corrected chi connectivity index (χ2v) is 11.4. The molecule has 0 radical (unpaired) electrons. The van der Waals surface area contributed by atoms with Crippen molar-refractivity contribution in [2.24, 2.45) is 17.6 Å². The number of phenols is 1. The van der Waals surface area contributed by atoms with Crippen molar-refractivity contribution in [2.75, 3.05) is 19.4 Å². The lowest BCUT2D eigenvalue weighted by Gasteiger charge is -2.50. The van der Waals surface area contributed by atoms with Gasteiger partial charge in [-0.15, -0.1) is 0 Å². The van der Waals surface area contributed by atoms with E-state index in [4.69, 9.17) is 17.3 Å². The number of carbonyl (C=O) groups is 4. The largest absolute Gasteiger partial charge is 0.508 e. The van der Waals surface area contributed by atoms with Crippen LogP contribution in [0.1, 0.15) is 36.9 Å². The van der Waals surface area contributed by atoms with Gasteiger partial charge in [-0.3, -0.25) is 24.1 Å². The zero-order chi connectivity index (χ0) is 30.8. The molecule has 13 nitrogen and oxygen atoms in total. The van der Waals surface area contributed by atoms with Gasteiger partial charge in [0.1, 0.15) is 28.8 Å². The van der Waals surface area contributed by atoms with Gasteiger partial charge in [0, 0.05) is 23.9 Å². The third kappa shape index (κ3) is 4.10. The second kappa shape index (κ2) is 10.3. The van der Waals surface area contributed by atoms with Crippen LogP contribution in [0.2, 0.25) is 5.02 Å². The van der Waals surface area contributed by atoms with Gasteiger partial charge in [0.2, 0.25) is 11.7 Å². The summed E-state index contributed by atoms with van der Waals surface area (Å²) < 4.78 is 1.58. The Morgan fingerprint density at radius 3 is 2.55 bits per heavy atom. The quantitative estimate of drug-likeness (QED) is 0.208. The first-order valence-electron chi connectivity index (χ1n) is 13.2. The lowest BCUT2D eigenvalue weighted by atomic mass is 9.57. The van der Waals surface area contributed by atoms with Crippen molar-refractivity contribution in [3.8, 4) is 5.75 Å². The van der Waals surface area contributed by atoms with E-state index in [1.807, 2.05) is 0 Å². The summed E-state index contributed by atoms with van der Waals surface area (Å²) in [6.45, 7) is 1.79. The molecule has 0 spiro atoms. The van der Waals surface area contributed by atoms with Gasteiger partial charge < -0.3 is 36.0 Å². The average molecular weight is 600 g/mol. The summed E-state index contributed by atoms with van der Waals surface area (Å²) in [7, 11) is 3.05. The summed E-state index contributed by atoms with van der Waals surface area (Å²) in [5.74, 6) is -8.17. The number of nitrogens with one attached hydrogen (secondary N) is 1. The number of imidazole rings is 1. The van der Waals surface area contributed by atoms with Crippen LogP contribution < -0.4 is 11.1 Å². The molecule has 1 aromatic heterocycles. The van der Waals surface area contributed by atoms with E-state index in [1.165, 1.54) is 37.6 Å². The monoisotopic (exact) mass is 599 g/mol. The predicted molar refractivity (Wildman–Crippen MR) is 149 cm³/mol. The molecule has 2 aromatic rings. The molecule has 42 heavy (non-hydrogen) atoms. The summed E-state index contributed by atoms with van der Waals surface area (Å²) in [6.07, 6.45) is 5.00. The van der Waals surface area contributed by atoms with Crippen LogP contribution in [0.3, 0.4) is 0 Å². The van der Waals surface area contributed by atoms with Crippen LogP contribution in [0.5, 0.6) is 5.75 Å². The number of anilines is 1. The minimum Gasteiger partial charge on any atom is -0.508 e.